The summed E-state index contributed by atoms with van der Waals surface area (Å²) in [5.41, 5.74) is 1.52. The average molecular weight is 435 g/mol. The summed E-state index contributed by atoms with van der Waals surface area (Å²) in [4.78, 5) is 18.9. The quantitative estimate of drug-likeness (QED) is 0.403. The highest BCUT2D eigenvalue weighted by molar-refractivity contribution is 7.99. The maximum Gasteiger partial charge on any atom is 0.263 e. The molecule has 1 aromatic carbocycles. The van der Waals surface area contributed by atoms with Gasteiger partial charge in [0.25, 0.3) is 5.56 Å². The molecule has 3 aromatic rings. The highest BCUT2D eigenvalue weighted by atomic mass is 32.2. The van der Waals surface area contributed by atoms with E-state index in [1.165, 1.54) is 29.9 Å². The molecule has 154 valence electrons. The van der Waals surface area contributed by atoms with Crippen molar-refractivity contribution in [2.24, 2.45) is 0 Å². The number of fused-ring (bicyclic) bond motifs is 1. The van der Waals surface area contributed by atoms with Crippen molar-refractivity contribution < 1.29 is 13.9 Å². The third kappa shape index (κ3) is 4.55. The van der Waals surface area contributed by atoms with E-state index >= 15 is 0 Å². The Kier molecular flexibility index (Phi) is 6.64. The standard InChI is InChI=1S/C21H23FN2O3S2/c1-26-11-9-24-20(25)18-17(14-5-7-15(22)8-6-14)13-28-19(18)23-21(24)29-12-16-4-2-3-10-27-16/h5-8,13,16H,2-4,9-12H2,1H3/t16-/m1/s1. The zero-order valence-electron chi connectivity index (χ0n) is 16.2. The fourth-order valence-corrected chi connectivity index (χ4v) is 5.52. The minimum atomic E-state index is -0.299. The van der Waals surface area contributed by atoms with Crippen LogP contribution in [0.3, 0.4) is 0 Å². The summed E-state index contributed by atoms with van der Waals surface area (Å²) in [6.07, 6.45) is 3.55. The van der Waals surface area contributed by atoms with Gasteiger partial charge in [0.15, 0.2) is 5.16 Å². The third-order valence-corrected chi connectivity index (χ3v) is 6.99. The lowest BCUT2D eigenvalue weighted by Gasteiger charge is -2.22. The van der Waals surface area contributed by atoms with Crippen LogP contribution in [-0.2, 0) is 16.0 Å². The summed E-state index contributed by atoms with van der Waals surface area (Å²) in [7, 11) is 1.62. The molecule has 0 amide bonds. The van der Waals surface area contributed by atoms with Gasteiger partial charge in [-0.1, -0.05) is 23.9 Å². The van der Waals surface area contributed by atoms with Crippen LogP contribution < -0.4 is 5.56 Å². The molecule has 1 aliphatic heterocycles. The zero-order chi connectivity index (χ0) is 20.2. The van der Waals surface area contributed by atoms with Crippen LogP contribution in [0.15, 0.2) is 39.6 Å². The van der Waals surface area contributed by atoms with Gasteiger partial charge in [0.2, 0.25) is 0 Å². The van der Waals surface area contributed by atoms with Gasteiger partial charge in [-0.15, -0.1) is 11.3 Å². The van der Waals surface area contributed by atoms with E-state index in [1.807, 2.05) is 5.38 Å². The van der Waals surface area contributed by atoms with Crippen molar-refractivity contribution in [2.45, 2.75) is 37.1 Å². The van der Waals surface area contributed by atoms with Crippen LogP contribution >= 0.6 is 23.1 Å². The van der Waals surface area contributed by atoms with Gasteiger partial charge in [-0.25, -0.2) is 9.37 Å². The number of ether oxygens (including phenoxy) is 2. The summed E-state index contributed by atoms with van der Waals surface area (Å²) in [5, 5.41) is 3.20. The van der Waals surface area contributed by atoms with Crippen molar-refractivity contribution >= 4 is 33.3 Å². The molecule has 0 bridgehead atoms. The molecule has 0 N–H and O–H groups in total. The lowest BCUT2D eigenvalue weighted by atomic mass is 10.1. The molecule has 5 nitrogen and oxygen atoms in total. The predicted octanol–water partition coefficient (Wildman–Crippen LogP) is 4.57. The summed E-state index contributed by atoms with van der Waals surface area (Å²) in [6, 6.07) is 6.20. The van der Waals surface area contributed by atoms with E-state index in [0.29, 0.717) is 28.5 Å². The summed E-state index contributed by atoms with van der Waals surface area (Å²) in [5.74, 6) is 0.480. The Morgan fingerprint density at radius 1 is 1.34 bits per heavy atom. The Morgan fingerprint density at radius 3 is 2.90 bits per heavy atom. The third-order valence-electron chi connectivity index (χ3n) is 5.01. The first kappa shape index (κ1) is 20.5. The largest absolute Gasteiger partial charge is 0.383 e. The number of thioether (sulfide) groups is 1. The molecule has 3 heterocycles. The molecule has 8 heteroatoms. The maximum atomic E-state index is 13.4. The molecule has 2 aromatic heterocycles. The van der Waals surface area contributed by atoms with Crippen LogP contribution in [0.5, 0.6) is 0 Å². The van der Waals surface area contributed by atoms with Crippen molar-refractivity contribution in [3.63, 3.8) is 0 Å². The van der Waals surface area contributed by atoms with E-state index in [9.17, 15) is 9.18 Å². The van der Waals surface area contributed by atoms with Gasteiger partial charge < -0.3 is 9.47 Å². The highest BCUT2D eigenvalue weighted by Gasteiger charge is 2.20. The maximum absolute atomic E-state index is 13.4. The molecule has 0 aliphatic carbocycles. The summed E-state index contributed by atoms with van der Waals surface area (Å²) >= 11 is 3.01. The van der Waals surface area contributed by atoms with Crippen LogP contribution in [0.25, 0.3) is 21.3 Å². The van der Waals surface area contributed by atoms with Gasteiger partial charge in [0.1, 0.15) is 10.6 Å². The molecule has 4 rings (SSSR count). The predicted molar refractivity (Wildman–Crippen MR) is 115 cm³/mol. The second kappa shape index (κ2) is 9.38. The molecule has 1 saturated heterocycles. The molecule has 0 saturated carbocycles. The van der Waals surface area contributed by atoms with Crippen molar-refractivity contribution in [1.29, 1.82) is 0 Å². The smallest absolute Gasteiger partial charge is 0.263 e. The molecule has 1 aliphatic rings. The van der Waals surface area contributed by atoms with Gasteiger partial charge in [0.05, 0.1) is 24.6 Å². The molecular formula is C21H23FN2O3S2. The highest BCUT2D eigenvalue weighted by Crippen LogP contribution is 2.32. The van der Waals surface area contributed by atoms with Crippen molar-refractivity contribution in [2.75, 3.05) is 26.1 Å². The van der Waals surface area contributed by atoms with Crippen molar-refractivity contribution in [1.82, 2.24) is 9.55 Å². The Bertz CT molecular complexity index is 1030. The number of methoxy groups -OCH3 is 1. The van der Waals surface area contributed by atoms with Crippen LogP contribution in [0.4, 0.5) is 4.39 Å². The first-order valence-corrected chi connectivity index (χ1v) is 11.5. The van der Waals surface area contributed by atoms with Crippen LogP contribution in [-0.4, -0.2) is 41.7 Å². The van der Waals surface area contributed by atoms with Crippen molar-refractivity contribution in [3.8, 4) is 11.1 Å². The number of rotatable bonds is 7. The van der Waals surface area contributed by atoms with E-state index in [2.05, 4.69) is 0 Å². The fourth-order valence-electron chi connectivity index (χ4n) is 3.44. The SMILES string of the molecule is COCCn1c(SC[C@H]2CCCCO2)nc2scc(-c3ccc(F)cc3)c2c1=O. The van der Waals surface area contributed by atoms with E-state index < -0.39 is 0 Å². The Labute approximate surface area is 176 Å². The fraction of sp³-hybridized carbons (Fsp3) is 0.429. The number of thiophene rings is 1. The first-order chi connectivity index (χ1) is 14.2. The van der Waals surface area contributed by atoms with Crippen LogP contribution in [0.1, 0.15) is 19.3 Å². The first-order valence-electron chi connectivity index (χ1n) is 9.68. The second-order valence-electron chi connectivity index (χ2n) is 6.98. The number of aromatic nitrogens is 2. The minimum Gasteiger partial charge on any atom is -0.383 e. The monoisotopic (exact) mass is 434 g/mol. The number of benzene rings is 1. The Hall–Kier alpha value is -1.74. The summed E-state index contributed by atoms with van der Waals surface area (Å²) in [6.45, 7) is 1.67. The van der Waals surface area contributed by atoms with Gasteiger partial charge in [0, 0.05) is 30.4 Å². The zero-order valence-corrected chi connectivity index (χ0v) is 17.9. The van der Waals surface area contributed by atoms with E-state index in [0.717, 1.165) is 36.3 Å². The van der Waals surface area contributed by atoms with Gasteiger partial charge in [-0.05, 0) is 37.0 Å². The summed E-state index contributed by atoms with van der Waals surface area (Å²) < 4.78 is 26.0. The van der Waals surface area contributed by atoms with Gasteiger partial charge in [-0.3, -0.25) is 9.36 Å². The number of nitrogens with zero attached hydrogens (tertiary/aromatic N) is 2. The van der Waals surface area contributed by atoms with E-state index in [4.69, 9.17) is 14.5 Å². The molecule has 29 heavy (non-hydrogen) atoms. The molecule has 1 atom stereocenters. The van der Waals surface area contributed by atoms with E-state index in [1.54, 1.807) is 35.6 Å². The molecule has 1 fully saturated rings. The number of hydrogen-bond acceptors (Lipinski definition) is 6. The topological polar surface area (TPSA) is 53.4 Å². The lowest BCUT2D eigenvalue weighted by Crippen LogP contribution is -2.26. The molecular weight excluding hydrogens is 411 g/mol. The van der Waals surface area contributed by atoms with Gasteiger partial charge in [-0.2, -0.15) is 0 Å². The van der Waals surface area contributed by atoms with Gasteiger partial charge >= 0.3 is 0 Å². The Morgan fingerprint density at radius 2 is 2.17 bits per heavy atom. The Balaban J connectivity index is 1.71. The lowest BCUT2D eigenvalue weighted by molar-refractivity contribution is 0.0315. The second-order valence-corrected chi connectivity index (χ2v) is 8.83. The molecule has 0 unspecified atom stereocenters. The van der Waals surface area contributed by atoms with E-state index in [-0.39, 0.29) is 17.5 Å². The number of halogens is 1. The van der Waals surface area contributed by atoms with Crippen LogP contribution in [0.2, 0.25) is 0 Å². The minimum absolute atomic E-state index is 0.0836. The molecule has 0 spiro atoms. The molecule has 0 radical (unpaired) electrons. The normalized spacial score (nSPS) is 17.1. The average Bonchev–Trinajstić information content (AvgIpc) is 3.17. The van der Waals surface area contributed by atoms with Crippen molar-refractivity contribution in [3.05, 3.63) is 45.8 Å². The van der Waals surface area contributed by atoms with Crippen LogP contribution in [0, 0.1) is 5.82 Å². The number of hydrogen-bond donors (Lipinski definition) is 0.